The van der Waals surface area contributed by atoms with Crippen molar-refractivity contribution in [3.63, 3.8) is 0 Å². The van der Waals surface area contributed by atoms with Crippen LogP contribution in [0.2, 0.25) is 5.15 Å². The van der Waals surface area contributed by atoms with Crippen molar-refractivity contribution in [2.24, 2.45) is 5.92 Å². The fraction of sp³-hybridized carbons (Fsp3) is 0.636. The first-order valence-corrected chi connectivity index (χ1v) is 6.72. The Morgan fingerprint density at radius 2 is 2.29 bits per heavy atom. The number of nitrogens with zero attached hydrogens (tertiary/aromatic N) is 1. The first-order chi connectivity index (χ1) is 8.04. The van der Waals surface area contributed by atoms with Gasteiger partial charge in [0.1, 0.15) is 0 Å². The number of esters is 1. The molecular weight excluding hydrogens is 260 g/mol. The van der Waals surface area contributed by atoms with E-state index in [0.717, 1.165) is 19.4 Å². The Kier molecular flexibility index (Phi) is 5.71. The lowest BCUT2D eigenvalue weighted by Gasteiger charge is -2.04. The maximum absolute atomic E-state index is 11.3. The van der Waals surface area contributed by atoms with Crippen LogP contribution in [0.4, 0.5) is 5.13 Å². The van der Waals surface area contributed by atoms with Gasteiger partial charge in [0.2, 0.25) is 0 Å². The number of carbonyl (C=O) groups is 1. The first kappa shape index (κ1) is 14.3. The molecule has 1 aromatic rings. The number of hydrogen-bond acceptors (Lipinski definition) is 5. The molecule has 17 heavy (non-hydrogen) atoms. The normalized spacial score (nSPS) is 10.6. The standard InChI is InChI=1S/C11H17ClN2O2S/c1-7(2)5-4-6-13-11-14-9(12)8(17-11)10(15)16-3/h7H,4-6H2,1-3H3,(H,13,14). The Bertz CT molecular complexity index is 380. The highest BCUT2D eigenvalue weighted by atomic mass is 35.5. The predicted molar refractivity (Wildman–Crippen MR) is 71.0 cm³/mol. The Morgan fingerprint density at radius 1 is 1.59 bits per heavy atom. The quantitative estimate of drug-likeness (QED) is 0.639. The molecule has 1 aromatic heterocycles. The third-order valence-electron chi connectivity index (χ3n) is 2.19. The van der Waals surface area contributed by atoms with E-state index < -0.39 is 5.97 Å². The van der Waals surface area contributed by atoms with E-state index in [9.17, 15) is 4.79 Å². The van der Waals surface area contributed by atoms with E-state index in [1.165, 1.54) is 18.4 Å². The first-order valence-electron chi connectivity index (χ1n) is 5.53. The van der Waals surface area contributed by atoms with Gasteiger partial charge >= 0.3 is 5.97 Å². The summed E-state index contributed by atoms with van der Waals surface area (Å²) < 4.78 is 4.61. The largest absolute Gasteiger partial charge is 0.465 e. The molecule has 1 N–H and O–H groups in total. The lowest BCUT2D eigenvalue weighted by atomic mass is 10.1. The topological polar surface area (TPSA) is 51.2 Å². The molecule has 0 bridgehead atoms. The average Bonchev–Trinajstić information content (AvgIpc) is 2.65. The summed E-state index contributed by atoms with van der Waals surface area (Å²) in [5, 5.41) is 4.02. The van der Waals surface area contributed by atoms with Crippen LogP contribution < -0.4 is 5.32 Å². The molecule has 0 spiro atoms. The molecule has 1 heterocycles. The van der Waals surface area contributed by atoms with Gasteiger partial charge in [0.05, 0.1) is 7.11 Å². The van der Waals surface area contributed by atoms with Crippen LogP contribution in [0.25, 0.3) is 0 Å². The summed E-state index contributed by atoms with van der Waals surface area (Å²) in [5.74, 6) is 0.255. The van der Waals surface area contributed by atoms with Crippen molar-refractivity contribution in [3.8, 4) is 0 Å². The van der Waals surface area contributed by atoms with Gasteiger partial charge in [-0.05, 0) is 18.8 Å². The Morgan fingerprint density at radius 3 is 2.88 bits per heavy atom. The molecular formula is C11H17ClN2O2S. The van der Waals surface area contributed by atoms with Crippen molar-refractivity contribution < 1.29 is 9.53 Å². The number of hydrogen-bond donors (Lipinski definition) is 1. The molecule has 0 aliphatic rings. The summed E-state index contributed by atoms with van der Waals surface area (Å²) >= 11 is 7.06. The minimum Gasteiger partial charge on any atom is -0.465 e. The molecule has 0 aliphatic carbocycles. The molecule has 0 unspecified atom stereocenters. The van der Waals surface area contributed by atoms with Crippen LogP contribution in [-0.4, -0.2) is 24.6 Å². The molecule has 0 aromatic carbocycles. The highest BCUT2D eigenvalue weighted by molar-refractivity contribution is 7.18. The lowest BCUT2D eigenvalue weighted by molar-refractivity contribution is 0.0606. The summed E-state index contributed by atoms with van der Waals surface area (Å²) in [7, 11) is 1.33. The summed E-state index contributed by atoms with van der Waals surface area (Å²) in [5.41, 5.74) is 0. The van der Waals surface area contributed by atoms with E-state index in [1.54, 1.807) is 0 Å². The fourth-order valence-corrected chi connectivity index (χ4v) is 2.43. The second-order valence-electron chi connectivity index (χ2n) is 4.09. The minimum atomic E-state index is -0.442. The third-order valence-corrected chi connectivity index (χ3v) is 3.57. The number of anilines is 1. The molecule has 6 heteroatoms. The predicted octanol–water partition coefficient (Wildman–Crippen LogP) is 3.43. The van der Waals surface area contributed by atoms with Crippen LogP contribution in [0.15, 0.2) is 0 Å². The molecule has 0 atom stereocenters. The van der Waals surface area contributed by atoms with Gasteiger partial charge in [0.25, 0.3) is 0 Å². The van der Waals surface area contributed by atoms with Gasteiger partial charge in [-0.1, -0.05) is 36.8 Å². The van der Waals surface area contributed by atoms with Crippen LogP contribution in [0.1, 0.15) is 36.4 Å². The second-order valence-corrected chi connectivity index (χ2v) is 5.45. The van der Waals surface area contributed by atoms with Crippen LogP contribution in [0.3, 0.4) is 0 Å². The van der Waals surface area contributed by atoms with Crippen LogP contribution in [0.5, 0.6) is 0 Å². The van der Waals surface area contributed by atoms with E-state index in [1.807, 2.05) is 0 Å². The van der Waals surface area contributed by atoms with E-state index in [-0.39, 0.29) is 5.15 Å². The zero-order valence-corrected chi connectivity index (χ0v) is 11.8. The summed E-state index contributed by atoms with van der Waals surface area (Å²) in [4.78, 5) is 15.7. The number of nitrogens with one attached hydrogen (secondary N) is 1. The molecule has 96 valence electrons. The smallest absolute Gasteiger partial charge is 0.351 e. The van der Waals surface area contributed by atoms with Gasteiger partial charge in [-0.25, -0.2) is 9.78 Å². The number of carbonyl (C=O) groups excluding carboxylic acids is 1. The molecule has 0 aliphatic heterocycles. The second kappa shape index (κ2) is 6.81. The number of thiazole rings is 1. The Balaban J connectivity index is 2.47. The molecule has 0 radical (unpaired) electrons. The van der Waals surface area contributed by atoms with Crippen molar-refractivity contribution in [1.29, 1.82) is 0 Å². The molecule has 0 saturated heterocycles. The van der Waals surface area contributed by atoms with Crippen molar-refractivity contribution >= 4 is 34.0 Å². The number of rotatable bonds is 6. The molecule has 4 nitrogen and oxygen atoms in total. The monoisotopic (exact) mass is 276 g/mol. The average molecular weight is 277 g/mol. The van der Waals surface area contributed by atoms with Gasteiger partial charge in [-0.2, -0.15) is 0 Å². The summed E-state index contributed by atoms with van der Waals surface area (Å²) in [6.45, 7) is 5.22. The Hall–Kier alpha value is -0.810. The zero-order valence-electron chi connectivity index (χ0n) is 10.2. The van der Waals surface area contributed by atoms with Gasteiger partial charge < -0.3 is 10.1 Å². The van der Waals surface area contributed by atoms with Gasteiger partial charge in [0, 0.05) is 6.54 Å². The van der Waals surface area contributed by atoms with Gasteiger partial charge in [-0.3, -0.25) is 0 Å². The number of ether oxygens (including phenoxy) is 1. The zero-order chi connectivity index (χ0) is 12.8. The summed E-state index contributed by atoms with van der Waals surface area (Å²) in [6.07, 6.45) is 2.23. The van der Waals surface area contributed by atoms with Crippen molar-refractivity contribution in [3.05, 3.63) is 10.0 Å². The van der Waals surface area contributed by atoms with Crippen molar-refractivity contribution in [1.82, 2.24) is 4.98 Å². The van der Waals surface area contributed by atoms with Crippen molar-refractivity contribution in [2.75, 3.05) is 19.0 Å². The van der Waals surface area contributed by atoms with Crippen LogP contribution in [0, 0.1) is 5.92 Å². The van der Waals surface area contributed by atoms with Gasteiger partial charge in [-0.15, -0.1) is 0 Å². The molecule has 0 amide bonds. The number of halogens is 1. The molecule has 0 saturated carbocycles. The highest BCUT2D eigenvalue weighted by Gasteiger charge is 2.16. The number of methoxy groups -OCH3 is 1. The Labute approximate surface area is 110 Å². The van der Waals surface area contributed by atoms with Crippen molar-refractivity contribution in [2.45, 2.75) is 26.7 Å². The van der Waals surface area contributed by atoms with E-state index in [4.69, 9.17) is 11.6 Å². The van der Waals surface area contributed by atoms with Crippen LogP contribution in [-0.2, 0) is 4.74 Å². The maximum Gasteiger partial charge on any atom is 0.351 e. The fourth-order valence-electron chi connectivity index (χ4n) is 1.30. The van der Waals surface area contributed by atoms with Crippen LogP contribution >= 0.6 is 22.9 Å². The number of aromatic nitrogens is 1. The van der Waals surface area contributed by atoms with E-state index in [2.05, 4.69) is 28.9 Å². The third kappa shape index (κ3) is 4.52. The maximum atomic E-state index is 11.3. The SMILES string of the molecule is COC(=O)c1sc(NCCCC(C)C)nc1Cl. The van der Waals surface area contributed by atoms with E-state index in [0.29, 0.717) is 15.9 Å². The highest BCUT2D eigenvalue weighted by Crippen LogP contribution is 2.27. The minimum absolute atomic E-state index is 0.202. The molecule has 1 rings (SSSR count). The lowest BCUT2D eigenvalue weighted by Crippen LogP contribution is -2.02. The van der Waals surface area contributed by atoms with E-state index >= 15 is 0 Å². The summed E-state index contributed by atoms with van der Waals surface area (Å²) in [6, 6.07) is 0. The van der Waals surface area contributed by atoms with Gasteiger partial charge in [0.15, 0.2) is 15.2 Å². The molecule has 0 fully saturated rings.